The summed E-state index contributed by atoms with van der Waals surface area (Å²) in [5.41, 5.74) is 4.17. The summed E-state index contributed by atoms with van der Waals surface area (Å²) in [4.78, 5) is 17.5. The molecule has 1 aromatic heterocycles. The molecule has 0 aliphatic carbocycles. The van der Waals surface area contributed by atoms with Gasteiger partial charge in [0.2, 0.25) is 0 Å². The van der Waals surface area contributed by atoms with E-state index >= 15 is 0 Å². The summed E-state index contributed by atoms with van der Waals surface area (Å²) in [5.74, 6) is -0.494. The van der Waals surface area contributed by atoms with Gasteiger partial charge in [0, 0.05) is 18.9 Å². The highest BCUT2D eigenvalue weighted by molar-refractivity contribution is 5.96. The highest BCUT2D eigenvalue weighted by Gasteiger charge is 2.19. The predicted molar refractivity (Wildman–Crippen MR) is 79.9 cm³/mol. The fraction of sp³-hybridized carbons (Fsp3) is 0.250. The molecule has 0 amide bonds. The summed E-state index contributed by atoms with van der Waals surface area (Å²) < 4.78 is 0. The lowest BCUT2D eigenvalue weighted by Crippen LogP contribution is -2.17. The van der Waals surface area contributed by atoms with Crippen molar-refractivity contribution in [3.8, 4) is 0 Å². The topological polar surface area (TPSA) is 53.4 Å². The third-order valence-corrected chi connectivity index (χ3v) is 3.38. The molecular weight excluding hydrogens is 252 g/mol. The lowest BCUT2D eigenvalue weighted by Gasteiger charge is -2.23. The van der Waals surface area contributed by atoms with Gasteiger partial charge in [0.25, 0.3) is 0 Å². The van der Waals surface area contributed by atoms with Crippen LogP contribution >= 0.6 is 0 Å². The van der Waals surface area contributed by atoms with Gasteiger partial charge in [-0.3, -0.25) is 0 Å². The summed E-state index contributed by atoms with van der Waals surface area (Å²) in [6.07, 6.45) is 1.64. The smallest absolute Gasteiger partial charge is 0.339 e. The van der Waals surface area contributed by atoms with Crippen molar-refractivity contribution in [3.63, 3.8) is 0 Å². The standard InChI is InChI=1S/C16H18N2O2/c1-10-5-6-13(12(3)9-10)18(4)15-14(16(19)20)11(2)7-8-17-15/h5-9H,1-4H3,(H,19,20). The number of pyridine rings is 1. The van der Waals surface area contributed by atoms with E-state index < -0.39 is 5.97 Å². The van der Waals surface area contributed by atoms with Crippen LogP contribution in [0.5, 0.6) is 0 Å². The third-order valence-electron chi connectivity index (χ3n) is 3.38. The molecule has 4 heteroatoms. The number of carboxylic acids is 1. The van der Waals surface area contributed by atoms with Crippen LogP contribution in [0, 0.1) is 20.8 Å². The first-order valence-electron chi connectivity index (χ1n) is 6.41. The zero-order chi connectivity index (χ0) is 14.9. The molecule has 0 atom stereocenters. The Balaban J connectivity index is 2.56. The zero-order valence-electron chi connectivity index (χ0n) is 12.1. The highest BCUT2D eigenvalue weighted by atomic mass is 16.4. The van der Waals surface area contributed by atoms with Crippen molar-refractivity contribution in [3.05, 3.63) is 52.7 Å². The van der Waals surface area contributed by atoms with Crippen LogP contribution in [-0.2, 0) is 0 Å². The quantitative estimate of drug-likeness (QED) is 0.927. The van der Waals surface area contributed by atoms with Crippen molar-refractivity contribution in [2.75, 3.05) is 11.9 Å². The molecule has 1 heterocycles. The summed E-state index contributed by atoms with van der Waals surface area (Å²) in [6, 6.07) is 7.78. The van der Waals surface area contributed by atoms with Gasteiger partial charge in [-0.1, -0.05) is 17.7 Å². The van der Waals surface area contributed by atoms with E-state index in [1.165, 1.54) is 5.56 Å². The first-order chi connectivity index (χ1) is 9.41. The maximum absolute atomic E-state index is 11.5. The van der Waals surface area contributed by atoms with Crippen molar-refractivity contribution in [1.29, 1.82) is 0 Å². The first kappa shape index (κ1) is 14.1. The molecule has 104 valence electrons. The summed E-state index contributed by atoms with van der Waals surface area (Å²) in [5, 5.41) is 9.39. The van der Waals surface area contributed by atoms with Gasteiger partial charge >= 0.3 is 5.97 Å². The van der Waals surface area contributed by atoms with Gasteiger partial charge in [-0.25, -0.2) is 9.78 Å². The molecule has 1 N–H and O–H groups in total. The number of nitrogens with zero attached hydrogens (tertiary/aromatic N) is 2. The SMILES string of the molecule is Cc1ccc(N(C)c2nccc(C)c2C(=O)O)c(C)c1. The summed E-state index contributed by atoms with van der Waals surface area (Å²) in [6.45, 7) is 5.82. The van der Waals surface area contributed by atoms with Gasteiger partial charge in [-0.05, 0) is 44.0 Å². The summed E-state index contributed by atoms with van der Waals surface area (Å²) >= 11 is 0. The minimum atomic E-state index is -0.956. The number of benzene rings is 1. The average Bonchev–Trinajstić information content (AvgIpc) is 2.37. The number of carboxylic acid groups (broad SMARTS) is 1. The van der Waals surface area contributed by atoms with Crippen molar-refractivity contribution in [2.45, 2.75) is 20.8 Å². The molecule has 0 aliphatic heterocycles. The Morgan fingerprint density at radius 2 is 1.85 bits per heavy atom. The van der Waals surface area contributed by atoms with Crippen LogP contribution in [0.3, 0.4) is 0 Å². The van der Waals surface area contributed by atoms with Crippen molar-refractivity contribution in [1.82, 2.24) is 4.98 Å². The van der Waals surface area contributed by atoms with Crippen molar-refractivity contribution < 1.29 is 9.90 Å². The van der Waals surface area contributed by atoms with E-state index in [0.29, 0.717) is 11.4 Å². The molecule has 2 rings (SSSR count). The van der Waals surface area contributed by atoms with E-state index in [0.717, 1.165) is 11.3 Å². The maximum Gasteiger partial charge on any atom is 0.339 e. The number of rotatable bonds is 3. The third kappa shape index (κ3) is 2.50. The molecule has 2 aromatic rings. The molecule has 0 bridgehead atoms. The van der Waals surface area contributed by atoms with Crippen molar-refractivity contribution in [2.24, 2.45) is 0 Å². The summed E-state index contributed by atoms with van der Waals surface area (Å²) in [7, 11) is 1.84. The number of anilines is 2. The molecule has 4 nitrogen and oxygen atoms in total. The fourth-order valence-electron chi connectivity index (χ4n) is 2.36. The van der Waals surface area contributed by atoms with E-state index in [4.69, 9.17) is 0 Å². The molecule has 0 unspecified atom stereocenters. The Hall–Kier alpha value is -2.36. The van der Waals surface area contributed by atoms with E-state index in [1.54, 1.807) is 19.2 Å². The molecule has 0 saturated carbocycles. The molecule has 1 aromatic carbocycles. The van der Waals surface area contributed by atoms with Gasteiger partial charge in [-0.2, -0.15) is 0 Å². The van der Waals surface area contributed by atoms with Gasteiger partial charge in [-0.15, -0.1) is 0 Å². The largest absolute Gasteiger partial charge is 0.478 e. The monoisotopic (exact) mass is 270 g/mol. The molecule has 20 heavy (non-hydrogen) atoms. The lowest BCUT2D eigenvalue weighted by atomic mass is 10.1. The number of aromatic carboxylic acids is 1. The van der Waals surface area contributed by atoms with Gasteiger partial charge in [0.1, 0.15) is 11.4 Å². The van der Waals surface area contributed by atoms with Gasteiger partial charge < -0.3 is 10.0 Å². The van der Waals surface area contributed by atoms with Crippen LogP contribution in [0.4, 0.5) is 11.5 Å². The fourth-order valence-corrected chi connectivity index (χ4v) is 2.36. The molecule has 0 aliphatic rings. The van der Waals surface area contributed by atoms with Crippen LogP contribution in [0.1, 0.15) is 27.0 Å². The normalized spacial score (nSPS) is 10.4. The van der Waals surface area contributed by atoms with Crippen molar-refractivity contribution >= 4 is 17.5 Å². The van der Waals surface area contributed by atoms with E-state index in [2.05, 4.69) is 11.1 Å². The Kier molecular flexibility index (Phi) is 3.74. The number of aryl methyl sites for hydroxylation is 3. The minimum absolute atomic E-state index is 0.245. The van der Waals surface area contributed by atoms with Crippen LogP contribution in [0.15, 0.2) is 30.5 Å². The Labute approximate surface area is 118 Å². The Morgan fingerprint density at radius 3 is 2.45 bits per heavy atom. The van der Waals surface area contributed by atoms with Gasteiger partial charge in [0.05, 0.1) is 0 Å². The molecule has 0 saturated heterocycles. The second-order valence-electron chi connectivity index (χ2n) is 4.98. The van der Waals surface area contributed by atoms with Crippen LogP contribution in [0.25, 0.3) is 0 Å². The Morgan fingerprint density at radius 1 is 1.15 bits per heavy atom. The predicted octanol–water partition coefficient (Wildman–Crippen LogP) is 3.47. The number of hydrogen-bond acceptors (Lipinski definition) is 3. The number of hydrogen-bond donors (Lipinski definition) is 1. The average molecular weight is 270 g/mol. The Bertz CT molecular complexity index is 666. The molecule has 0 fully saturated rings. The number of carbonyl (C=O) groups is 1. The number of aromatic nitrogens is 1. The first-order valence-corrected chi connectivity index (χ1v) is 6.41. The highest BCUT2D eigenvalue weighted by Crippen LogP contribution is 2.29. The zero-order valence-corrected chi connectivity index (χ0v) is 12.1. The second kappa shape index (κ2) is 5.33. The maximum atomic E-state index is 11.5. The second-order valence-corrected chi connectivity index (χ2v) is 4.98. The molecule has 0 spiro atoms. The molecule has 0 radical (unpaired) electrons. The van der Waals surface area contributed by atoms with Crippen LogP contribution < -0.4 is 4.90 Å². The van der Waals surface area contributed by atoms with E-state index in [9.17, 15) is 9.90 Å². The minimum Gasteiger partial charge on any atom is -0.478 e. The van der Waals surface area contributed by atoms with Crippen LogP contribution in [0.2, 0.25) is 0 Å². The van der Waals surface area contributed by atoms with Crippen LogP contribution in [-0.4, -0.2) is 23.1 Å². The van der Waals surface area contributed by atoms with Gasteiger partial charge in [0.15, 0.2) is 0 Å². The lowest BCUT2D eigenvalue weighted by molar-refractivity contribution is 0.0696. The van der Waals surface area contributed by atoms with E-state index in [-0.39, 0.29) is 5.56 Å². The van der Waals surface area contributed by atoms with E-state index in [1.807, 2.05) is 37.9 Å². The molecular formula is C16H18N2O2.